The van der Waals surface area contributed by atoms with Gasteiger partial charge in [0.15, 0.2) is 0 Å². The van der Waals surface area contributed by atoms with E-state index in [9.17, 15) is 4.79 Å². The molecule has 0 bridgehead atoms. The van der Waals surface area contributed by atoms with Crippen LogP contribution in [0, 0.1) is 0 Å². The summed E-state index contributed by atoms with van der Waals surface area (Å²) in [6.45, 7) is 1.14. The zero-order valence-corrected chi connectivity index (χ0v) is 10.7. The van der Waals surface area contributed by atoms with E-state index >= 15 is 0 Å². The molecule has 0 radical (unpaired) electrons. The number of benzene rings is 1. The number of para-hydroxylation sites is 1. The second-order valence-electron chi connectivity index (χ2n) is 4.68. The number of likely N-dealkylation sites (tertiary alicyclic amines) is 1. The minimum Gasteiger partial charge on any atom is -0.465 e. The summed E-state index contributed by atoms with van der Waals surface area (Å²) in [7, 11) is 0. The smallest absolute Gasteiger partial charge is 0.407 e. The average molecular weight is 265 g/mol. The molecular formula is C12H15N3O2S. The van der Waals surface area contributed by atoms with Crippen molar-refractivity contribution in [3.63, 3.8) is 0 Å². The first-order chi connectivity index (χ1) is 8.69. The molecule has 1 amide bonds. The Balaban J connectivity index is 1.74. The van der Waals surface area contributed by atoms with Gasteiger partial charge in [-0.15, -0.1) is 0 Å². The Hall–Kier alpha value is -1.40. The third-order valence-electron chi connectivity index (χ3n) is 3.50. The first kappa shape index (κ1) is 11.7. The zero-order chi connectivity index (χ0) is 12.6. The van der Waals surface area contributed by atoms with Gasteiger partial charge in [0, 0.05) is 30.8 Å². The summed E-state index contributed by atoms with van der Waals surface area (Å²) in [4.78, 5) is 13.6. The molecule has 3 rings (SSSR count). The maximum atomic E-state index is 10.9. The molecule has 2 heterocycles. The molecule has 2 aliphatic rings. The lowest BCUT2D eigenvalue weighted by atomic mass is 9.97. The van der Waals surface area contributed by atoms with Crippen molar-refractivity contribution in [3.05, 3.63) is 24.3 Å². The van der Waals surface area contributed by atoms with Crippen LogP contribution in [0.2, 0.25) is 0 Å². The van der Waals surface area contributed by atoms with Gasteiger partial charge in [-0.05, 0) is 24.1 Å². The number of piperidine rings is 1. The molecule has 6 heteroatoms. The molecule has 5 nitrogen and oxygen atoms in total. The van der Waals surface area contributed by atoms with E-state index in [-0.39, 0.29) is 5.66 Å². The van der Waals surface area contributed by atoms with E-state index in [4.69, 9.17) is 5.11 Å². The molecule has 1 aromatic rings. The summed E-state index contributed by atoms with van der Waals surface area (Å²) in [5, 5.41) is 12.5. The number of amides is 1. The van der Waals surface area contributed by atoms with E-state index in [0.717, 1.165) is 18.5 Å². The molecule has 0 aliphatic carbocycles. The number of fused-ring (bicyclic) bond motifs is 1. The van der Waals surface area contributed by atoms with Crippen LogP contribution in [0.25, 0.3) is 0 Å². The van der Waals surface area contributed by atoms with Gasteiger partial charge in [0.25, 0.3) is 0 Å². The Kier molecular flexibility index (Phi) is 2.83. The summed E-state index contributed by atoms with van der Waals surface area (Å²) >= 11 is 1.63. The predicted octanol–water partition coefficient (Wildman–Crippen LogP) is 2.18. The summed E-state index contributed by atoms with van der Waals surface area (Å²) in [6, 6.07) is 8.16. The second kappa shape index (κ2) is 4.37. The molecule has 0 aromatic heterocycles. The van der Waals surface area contributed by atoms with Crippen molar-refractivity contribution in [2.75, 3.05) is 18.4 Å². The number of carbonyl (C=O) groups is 1. The fourth-order valence-electron chi connectivity index (χ4n) is 2.40. The van der Waals surface area contributed by atoms with Crippen LogP contribution in [0.3, 0.4) is 0 Å². The van der Waals surface area contributed by atoms with E-state index in [1.807, 2.05) is 12.1 Å². The quantitative estimate of drug-likeness (QED) is 0.627. The van der Waals surface area contributed by atoms with Crippen molar-refractivity contribution < 1.29 is 9.90 Å². The van der Waals surface area contributed by atoms with E-state index < -0.39 is 6.09 Å². The standard InChI is InChI=1S/C12H15N3O2S/c16-11(17)15-7-5-12(6-8-15)13-9-3-1-2-4-10(9)18-14-12/h1-4,13-14H,5-8H2,(H,16,17). The van der Waals surface area contributed by atoms with Gasteiger partial charge in [-0.3, -0.25) is 0 Å². The van der Waals surface area contributed by atoms with Crippen LogP contribution in [0.15, 0.2) is 29.2 Å². The number of hydrogen-bond acceptors (Lipinski definition) is 4. The van der Waals surface area contributed by atoms with Gasteiger partial charge in [-0.2, -0.15) is 0 Å². The Morgan fingerprint density at radius 2 is 2.06 bits per heavy atom. The van der Waals surface area contributed by atoms with Crippen LogP contribution in [0.5, 0.6) is 0 Å². The molecule has 1 spiro atoms. The number of nitrogens with zero attached hydrogens (tertiary/aromatic N) is 1. The van der Waals surface area contributed by atoms with Crippen molar-refractivity contribution in [3.8, 4) is 0 Å². The van der Waals surface area contributed by atoms with E-state index in [2.05, 4.69) is 22.2 Å². The molecule has 18 heavy (non-hydrogen) atoms. The fraction of sp³-hybridized carbons (Fsp3) is 0.417. The van der Waals surface area contributed by atoms with Crippen LogP contribution in [0.4, 0.5) is 10.5 Å². The molecule has 0 unspecified atom stereocenters. The summed E-state index contributed by atoms with van der Waals surface area (Å²) < 4.78 is 3.44. The third kappa shape index (κ3) is 2.02. The number of anilines is 1. The Labute approximate surface area is 110 Å². The van der Waals surface area contributed by atoms with Gasteiger partial charge in [0.2, 0.25) is 0 Å². The lowest BCUT2D eigenvalue weighted by Gasteiger charge is -2.45. The normalized spacial score (nSPS) is 21.2. The maximum absolute atomic E-state index is 10.9. The predicted molar refractivity (Wildman–Crippen MR) is 70.6 cm³/mol. The monoisotopic (exact) mass is 265 g/mol. The number of carboxylic acid groups (broad SMARTS) is 1. The highest BCUT2D eigenvalue weighted by molar-refractivity contribution is 7.97. The highest BCUT2D eigenvalue weighted by Crippen LogP contribution is 2.37. The molecule has 1 saturated heterocycles. The van der Waals surface area contributed by atoms with Crippen LogP contribution in [-0.2, 0) is 0 Å². The van der Waals surface area contributed by atoms with Gasteiger partial charge in [-0.1, -0.05) is 12.1 Å². The SMILES string of the molecule is O=C(O)N1CCC2(CC1)NSc1ccccc1N2. The molecule has 2 aliphatic heterocycles. The highest BCUT2D eigenvalue weighted by Gasteiger charge is 2.38. The number of nitrogens with one attached hydrogen (secondary N) is 2. The molecular weight excluding hydrogens is 250 g/mol. The molecule has 0 saturated carbocycles. The van der Waals surface area contributed by atoms with Crippen LogP contribution in [0.1, 0.15) is 12.8 Å². The van der Waals surface area contributed by atoms with Gasteiger partial charge < -0.3 is 15.3 Å². The minimum absolute atomic E-state index is 0.176. The second-order valence-corrected chi connectivity index (χ2v) is 5.53. The lowest BCUT2D eigenvalue weighted by Crippen LogP contribution is -2.58. The Morgan fingerprint density at radius 1 is 1.33 bits per heavy atom. The van der Waals surface area contributed by atoms with Gasteiger partial charge in [0.05, 0.1) is 5.69 Å². The summed E-state index contributed by atoms with van der Waals surface area (Å²) in [5.74, 6) is 0. The molecule has 1 fully saturated rings. The van der Waals surface area contributed by atoms with Crippen LogP contribution >= 0.6 is 11.9 Å². The number of hydrogen-bond donors (Lipinski definition) is 3. The van der Waals surface area contributed by atoms with Crippen LogP contribution in [-0.4, -0.2) is 34.9 Å². The highest BCUT2D eigenvalue weighted by atomic mass is 32.2. The Bertz CT molecular complexity index is 472. The molecule has 1 aromatic carbocycles. The lowest BCUT2D eigenvalue weighted by molar-refractivity contribution is 0.119. The van der Waals surface area contributed by atoms with E-state index in [0.29, 0.717) is 13.1 Å². The van der Waals surface area contributed by atoms with Gasteiger partial charge in [0.1, 0.15) is 5.66 Å². The summed E-state index contributed by atoms with van der Waals surface area (Å²) in [5.41, 5.74) is 0.954. The van der Waals surface area contributed by atoms with Crippen LogP contribution < -0.4 is 10.0 Å². The summed E-state index contributed by atoms with van der Waals surface area (Å²) in [6.07, 6.45) is 0.732. The van der Waals surface area contributed by atoms with E-state index in [1.54, 1.807) is 11.9 Å². The first-order valence-corrected chi connectivity index (χ1v) is 6.79. The van der Waals surface area contributed by atoms with Crippen molar-refractivity contribution in [2.45, 2.75) is 23.4 Å². The number of rotatable bonds is 0. The first-order valence-electron chi connectivity index (χ1n) is 5.98. The Morgan fingerprint density at radius 3 is 2.78 bits per heavy atom. The van der Waals surface area contributed by atoms with Crippen molar-refractivity contribution in [1.29, 1.82) is 0 Å². The van der Waals surface area contributed by atoms with Crippen molar-refractivity contribution in [1.82, 2.24) is 9.62 Å². The van der Waals surface area contributed by atoms with Crippen molar-refractivity contribution in [2.24, 2.45) is 0 Å². The maximum Gasteiger partial charge on any atom is 0.407 e. The van der Waals surface area contributed by atoms with E-state index in [1.165, 1.54) is 9.80 Å². The zero-order valence-electron chi connectivity index (χ0n) is 9.85. The minimum atomic E-state index is -0.825. The van der Waals surface area contributed by atoms with Crippen molar-refractivity contribution >= 4 is 23.7 Å². The fourth-order valence-corrected chi connectivity index (χ4v) is 3.34. The van der Waals surface area contributed by atoms with Gasteiger partial charge >= 0.3 is 6.09 Å². The largest absolute Gasteiger partial charge is 0.465 e. The molecule has 96 valence electrons. The third-order valence-corrected chi connectivity index (χ3v) is 4.57. The van der Waals surface area contributed by atoms with Gasteiger partial charge in [-0.25, -0.2) is 9.52 Å². The molecule has 3 N–H and O–H groups in total. The molecule has 0 atom stereocenters. The topological polar surface area (TPSA) is 64.6 Å². The average Bonchev–Trinajstić information content (AvgIpc) is 2.39.